The molecule has 1 aliphatic rings. The maximum absolute atomic E-state index is 11.6. The number of aliphatic hydroxyl groups is 1. The standard InChI is InChI=1S/C12H23NO3/c1-8(16-4)5-6-11(15)13-9-7-10(14)12(9,2)3/h8-10,14H,5-7H2,1-4H3,(H,13,15). The topological polar surface area (TPSA) is 58.6 Å². The number of hydrogen-bond donors (Lipinski definition) is 2. The number of amides is 1. The van der Waals surface area contributed by atoms with Crippen molar-refractivity contribution in [3.63, 3.8) is 0 Å². The summed E-state index contributed by atoms with van der Waals surface area (Å²) in [5.74, 6) is 0.0499. The van der Waals surface area contributed by atoms with Gasteiger partial charge < -0.3 is 15.2 Å². The van der Waals surface area contributed by atoms with Crippen molar-refractivity contribution in [2.45, 2.75) is 58.3 Å². The van der Waals surface area contributed by atoms with Crippen molar-refractivity contribution < 1.29 is 14.6 Å². The number of carbonyl (C=O) groups excluding carboxylic acids is 1. The van der Waals surface area contributed by atoms with Crippen LogP contribution in [0.1, 0.15) is 40.0 Å². The van der Waals surface area contributed by atoms with E-state index in [1.807, 2.05) is 20.8 Å². The SMILES string of the molecule is COC(C)CCC(=O)NC1CC(O)C1(C)C. The fraction of sp³-hybridized carbons (Fsp3) is 0.917. The Morgan fingerprint density at radius 1 is 1.62 bits per heavy atom. The number of carbonyl (C=O) groups is 1. The van der Waals surface area contributed by atoms with Crippen LogP contribution in [-0.4, -0.2) is 36.4 Å². The van der Waals surface area contributed by atoms with Crippen molar-refractivity contribution in [1.29, 1.82) is 0 Å². The largest absolute Gasteiger partial charge is 0.392 e. The molecule has 0 aromatic heterocycles. The molecule has 94 valence electrons. The molecule has 1 fully saturated rings. The highest BCUT2D eigenvalue weighted by Gasteiger charge is 2.47. The quantitative estimate of drug-likeness (QED) is 0.741. The van der Waals surface area contributed by atoms with E-state index in [0.717, 1.165) is 6.42 Å². The van der Waals surface area contributed by atoms with Crippen LogP contribution in [0.25, 0.3) is 0 Å². The molecule has 3 unspecified atom stereocenters. The van der Waals surface area contributed by atoms with Crippen molar-refractivity contribution in [3.05, 3.63) is 0 Å². The van der Waals surface area contributed by atoms with Gasteiger partial charge in [-0.2, -0.15) is 0 Å². The minimum Gasteiger partial charge on any atom is -0.392 e. The maximum atomic E-state index is 11.6. The first-order valence-electron chi connectivity index (χ1n) is 5.88. The molecule has 0 spiro atoms. The van der Waals surface area contributed by atoms with Crippen LogP contribution >= 0.6 is 0 Å². The summed E-state index contributed by atoms with van der Waals surface area (Å²) in [6.45, 7) is 5.90. The van der Waals surface area contributed by atoms with Crippen LogP contribution in [0.2, 0.25) is 0 Å². The smallest absolute Gasteiger partial charge is 0.220 e. The predicted octanol–water partition coefficient (Wildman–Crippen LogP) is 1.08. The normalized spacial score (nSPS) is 29.3. The van der Waals surface area contributed by atoms with Crippen molar-refractivity contribution in [1.82, 2.24) is 5.32 Å². The van der Waals surface area contributed by atoms with Crippen molar-refractivity contribution in [2.75, 3.05) is 7.11 Å². The van der Waals surface area contributed by atoms with E-state index in [0.29, 0.717) is 12.8 Å². The second-order valence-corrected chi connectivity index (χ2v) is 5.28. The molecule has 0 heterocycles. The fourth-order valence-electron chi connectivity index (χ4n) is 1.87. The summed E-state index contributed by atoms with van der Waals surface area (Å²) in [7, 11) is 1.65. The van der Waals surface area contributed by atoms with E-state index in [1.54, 1.807) is 7.11 Å². The van der Waals surface area contributed by atoms with Crippen LogP contribution in [0.5, 0.6) is 0 Å². The zero-order valence-electron chi connectivity index (χ0n) is 10.6. The lowest BCUT2D eigenvalue weighted by atomic mass is 9.64. The second kappa shape index (κ2) is 5.15. The van der Waals surface area contributed by atoms with Gasteiger partial charge in [0.2, 0.25) is 5.91 Å². The molecular weight excluding hydrogens is 206 g/mol. The van der Waals surface area contributed by atoms with Gasteiger partial charge in [-0.1, -0.05) is 13.8 Å². The van der Waals surface area contributed by atoms with Crippen LogP contribution in [-0.2, 0) is 9.53 Å². The van der Waals surface area contributed by atoms with Crippen LogP contribution in [0.4, 0.5) is 0 Å². The van der Waals surface area contributed by atoms with Crippen LogP contribution in [0, 0.1) is 5.41 Å². The summed E-state index contributed by atoms with van der Waals surface area (Å²) in [4.78, 5) is 11.6. The molecule has 0 aliphatic heterocycles. The van der Waals surface area contributed by atoms with E-state index in [2.05, 4.69) is 5.32 Å². The number of aliphatic hydroxyl groups excluding tert-OH is 1. The molecule has 0 aromatic rings. The minimum atomic E-state index is -0.296. The third-order valence-electron chi connectivity index (χ3n) is 3.73. The van der Waals surface area contributed by atoms with Gasteiger partial charge in [-0.3, -0.25) is 4.79 Å². The average molecular weight is 229 g/mol. The van der Waals surface area contributed by atoms with Crippen LogP contribution < -0.4 is 5.32 Å². The van der Waals surface area contributed by atoms with Crippen molar-refractivity contribution >= 4 is 5.91 Å². The Balaban J connectivity index is 2.26. The number of methoxy groups -OCH3 is 1. The molecule has 1 saturated carbocycles. The molecule has 0 aromatic carbocycles. The highest BCUT2D eigenvalue weighted by atomic mass is 16.5. The highest BCUT2D eigenvalue weighted by Crippen LogP contribution is 2.40. The van der Waals surface area contributed by atoms with E-state index in [4.69, 9.17) is 4.74 Å². The summed E-state index contributed by atoms with van der Waals surface area (Å²) in [5, 5.41) is 12.5. The zero-order valence-corrected chi connectivity index (χ0v) is 10.6. The molecule has 2 N–H and O–H groups in total. The third-order valence-corrected chi connectivity index (χ3v) is 3.73. The summed E-state index contributed by atoms with van der Waals surface area (Å²) in [6, 6.07) is 0.104. The van der Waals surface area contributed by atoms with Crippen molar-refractivity contribution in [2.24, 2.45) is 5.41 Å². The fourth-order valence-corrected chi connectivity index (χ4v) is 1.87. The van der Waals surface area contributed by atoms with Gasteiger partial charge in [-0.25, -0.2) is 0 Å². The van der Waals surface area contributed by atoms with E-state index in [1.165, 1.54) is 0 Å². The Morgan fingerprint density at radius 2 is 2.25 bits per heavy atom. The number of ether oxygens (including phenoxy) is 1. The molecule has 1 aliphatic carbocycles. The van der Waals surface area contributed by atoms with E-state index in [9.17, 15) is 9.90 Å². The average Bonchev–Trinajstić information content (AvgIpc) is 2.25. The van der Waals surface area contributed by atoms with E-state index in [-0.39, 0.29) is 29.6 Å². The molecule has 1 amide bonds. The summed E-state index contributed by atoms with van der Waals surface area (Å²) < 4.78 is 5.08. The Labute approximate surface area is 97.4 Å². The van der Waals surface area contributed by atoms with E-state index >= 15 is 0 Å². The van der Waals surface area contributed by atoms with Crippen LogP contribution in [0.3, 0.4) is 0 Å². The van der Waals surface area contributed by atoms with Gasteiger partial charge in [-0.15, -0.1) is 0 Å². The Kier molecular flexibility index (Phi) is 4.33. The molecule has 0 bridgehead atoms. The molecule has 0 saturated heterocycles. The Bertz CT molecular complexity index is 253. The molecule has 1 rings (SSSR count). The maximum Gasteiger partial charge on any atom is 0.220 e. The lowest BCUT2D eigenvalue weighted by molar-refractivity contribution is -0.129. The summed E-state index contributed by atoms with van der Waals surface area (Å²) in [6.07, 6.45) is 1.70. The first-order chi connectivity index (χ1) is 7.37. The minimum absolute atomic E-state index is 0.0499. The van der Waals surface area contributed by atoms with Gasteiger partial charge in [0.05, 0.1) is 12.2 Å². The molecular formula is C12H23NO3. The lowest BCUT2D eigenvalue weighted by Gasteiger charge is -2.49. The van der Waals surface area contributed by atoms with E-state index < -0.39 is 0 Å². The molecule has 0 radical (unpaired) electrons. The monoisotopic (exact) mass is 229 g/mol. The number of rotatable bonds is 5. The first kappa shape index (κ1) is 13.5. The third kappa shape index (κ3) is 2.95. The van der Waals surface area contributed by atoms with Gasteiger partial charge >= 0.3 is 0 Å². The first-order valence-corrected chi connectivity index (χ1v) is 5.88. The second-order valence-electron chi connectivity index (χ2n) is 5.28. The van der Waals surface area contributed by atoms with Gasteiger partial charge in [0.1, 0.15) is 0 Å². The number of nitrogens with one attached hydrogen (secondary N) is 1. The van der Waals surface area contributed by atoms with Crippen molar-refractivity contribution in [3.8, 4) is 0 Å². The highest BCUT2D eigenvalue weighted by molar-refractivity contribution is 5.76. The van der Waals surface area contributed by atoms with Gasteiger partial charge in [0.15, 0.2) is 0 Å². The molecule has 16 heavy (non-hydrogen) atoms. The zero-order chi connectivity index (χ0) is 12.3. The van der Waals surface area contributed by atoms with Gasteiger partial charge in [0.25, 0.3) is 0 Å². The predicted molar refractivity (Wildman–Crippen MR) is 62.0 cm³/mol. The number of hydrogen-bond acceptors (Lipinski definition) is 3. The van der Waals surface area contributed by atoms with Gasteiger partial charge in [0, 0.05) is 25.0 Å². The van der Waals surface area contributed by atoms with Gasteiger partial charge in [-0.05, 0) is 19.8 Å². The molecule has 4 nitrogen and oxygen atoms in total. The Hall–Kier alpha value is -0.610. The summed E-state index contributed by atoms with van der Waals surface area (Å²) in [5.41, 5.74) is -0.192. The summed E-state index contributed by atoms with van der Waals surface area (Å²) >= 11 is 0. The Morgan fingerprint density at radius 3 is 2.69 bits per heavy atom. The molecule has 4 heteroatoms. The lowest BCUT2D eigenvalue weighted by Crippen LogP contribution is -2.61. The molecule has 3 atom stereocenters. The van der Waals surface area contributed by atoms with Crippen LogP contribution in [0.15, 0.2) is 0 Å².